The molecule has 0 radical (unpaired) electrons. The fourth-order valence-corrected chi connectivity index (χ4v) is 3.40. The smallest absolute Gasteiger partial charge is 0.257 e. The Morgan fingerprint density at radius 3 is 2.65 bits per heavy atom. The summed E-state index contributed by atoms with van der Waals surface area (Å²) in [5.74, 6) is 1.60. The zero-order valence-corrected chi connectivity index (χ0v) is 12.7. The van der Waals surface area contributed by atoms with Gasteiger partial charge in [0.1, 0.15) is 5.76 Å². The van der Waals surface area contributed by atoms with Crippen LogP contribution in [0.15, 0.2) is 16.7 Å². The van der Waals surface area contributed by atoms with Gasteiger partial charge in [0.15, 0.2) is 0 Å². The summed E-state index contributed by atoms with van der Waals surface area (Å²) >= 11 is 0. The van der Waals surface area contributed by atoms with E-state index in [4.69, 9.17) is 4.42 Å². The number of hydrogen-bond donors (Lipinski definition) is 1. The summed E-state index contributed by atoms with van der Waals surface area (Å²) in [6.45, 7) is 4.78. The van der Waals surface area contributed by atoms with Gasteiger partial charge in [0.2, 0.25) is 0 Å². The SMILES string of the molecule is Cc1occc1C(=O)N1CCC(C2CCCN2)CC1.Cl. The van der Waals surface area contributed by atoms with Gasteiger partial charge in [-0.2, -0.15) is 0 Å². The van der Waals surface area contributed by atoms with Crippen LogP contribution in [0.1, 0.15) is 41.8 Å². The third kappa shape index (κ3) is 3.01. The first-order chi connectivity index (χ1) is 9.25. The average molecular weight is 299 g/mol. The minimum atomic E-state index is 0. The van der Waals surface area contributed by atoms with Gasteiger partial charge in [0, 0.05) is 19.1 Å². The summed E-state index contributed by atoms with van der Waals surface area (Å²) in [5, 5.41) is 3.59. The van der Waals surface area contributed by atoms with Crippen molar-refractivity contribution in [2.45, 2.75) is 38.6 Å². The molecule has 2 saturated heterocycles. The first kappa shape index (κ1) is 15.4. The highest BCUT2D eigenvalue weighted by Gasteiger charge is 2.30. The number of piperidine rings is 1. The summed E-state index contributed by atoms with van der Waals surface area (Å²) in [5.41, 5.74) is 0.720. The second kappa shape index (κ2) is 6.64. The van der Waals surface area contributed by atoms with E-state index in [-0.39, 0.29) is 18.3 Å². The number of nitrogens with one attached hydrogen (secondary N) is 1. The van der Waals surface area contributed by atoms with Crippen LogP contribution in [0.5, 0.6) is 0 Å². The van der Waals surface area contributed by atoms with Gasteiger partial charge in [-0.15, -0.1) is 12.4 Å². The Kier molecular flexibility index (Phi) is 5.11. The highest BCUT2D eigenvalue weighted by Crippen LogP contribution is 2.26. The van der Waals surface area contributed by atoms with E-state index in [1.807, 2.05) is 11.8 Å². The van der Waals surface area contributed by atoms with Gasteiger partial charge in [-0.05, 0) is 51.1 Å². The van der Waals surface area contributed by atoms with Crippen molar-refractivity contribution in [2.24, 2.45) is 5.92 Å². The lowest BCUT2D eigenvalue weighted by molar-refractivity contribution is 0.0672. The van der Waals surface area contributed by atoms with E-state index in [1.165, 1.54) is 12.8 Å². The van der Waals surface area contributed by atoms with Gasteiger partial charge in [0.25, 0.3) is 5.91 Å². The maximum Gasteiger partial charge on any atom is 0.257 e. The van der Waals surface area contributed by atoms with E-state index in [0.29, 0.717) is 6.04 Å². The van der Waals surface area contributed by atoms with Crippen LogP contribution in [-0.4, -0.2) is 36.5 Å². The van der Waals surface area contributed by atoms with Crippen LogP contribution in [0, 0.1) is 12.8 Å². The van der Waals surface area contributed by atoms with Crippen LogP contribution >= 0.6 is 12.4 Å². The lowest BCUT2D eigenvalue weighted by Crippen LogP contribution is -2.43. The molecule has 0 saturated carbocycles. The summed E-state index contributed by atoms with van der Waals surface area (Å²) in [6, 6.07) is 2.47. The Labute approximate surface area is 126 Å². The minimum Gasteiger partial charge on any atom is -0.469 e. The number of carbonyl (C=O) groups is 1. The van der Waals surface area contributed by atoms with Crippen LogP contribution in [0.4, 0.5) is 0 Å². The highest BCUT2D eigenvalue weighted by atomic mass is 35.5. The Balaban J connectivity index is 0.00000147. The molecule has 1 unspecified atom stereocenters. The van der Waals surface area contributed by atoms with Crippen molar-refractivity contribution >= 4 is 18.3 Å². The molecule has 112 valence electrons. The number of furan rings is 1. The van der Waals surface area contributed by atoms with Crippen LogP contribution in [0.25, 0.3) is 0 Å². The predicted octanol–water partition coefficient (Wildman–Crippen LogP) is 2.61. The molecule has 5 heteroatoms. The molecule has 0 aromatic carbocycles. The van der Waals surface area contributed by atoms with Gasteiger partial charge in [-0.25, -0.2) is 0 Å². The number of hydrogen-bond acceptors (Lipinski definition) is 3. The zero-order chi connectivity index (χ0) is 13.2. The van der Waals surface area contributed by atoms with Crippen LogP contribution < -0.4 is 5.32 Å². The van der Waals surface area contributed by atoms with Crippen molar-refractivity contribution in [1.82, 2.24) is 10.2 Å². The zero-order valence-electron chi connectivity index (χ0n) is 11.9. The Morgan fingerprint density at radius 1 is 1.35 bits per heavy atom. The molecule has 1 amide bonds. The fourth-order valence-electron chi connectivity index (χ4n) is 3.40. The molecule has 3 rings (SSSR count). The first-order valence-electron chi connectivity index (χ1n) is 7.32. The molecule has 0 bridgehead atoms. The molecule has 20 heavy (non-hydrogen) atoms. The minimum absolute atomic E-state index is 0. The maximum atomic E-state index is 12.4. The Hall–Kier alpha value is -1.00. The number of carbonyl (C=O) groups excluding carboxylic acids is 1. The molecule has 1 aromatic rings. The third-order valence-corrected chi connectivity index (χ3v) is 4.58. The van der Waals surface area contributed by atoms with Crippen molar-refractivity contribution in [2.75, 3.05) is 19.6 Å². The summed E-state index contributed by atoms with van der Waals surface area (Å²) in [4.78, 5) is 14.3. The van der Waals surface area contributed by atoms with E-state index in [2.05, 4.69) is 5.32 Å². The molecule has 2 aliphatic rings. The lowest BCUT2D eigenvalue weighted by atomic mass is 9.88. The maximum absolute atomic E-state index is 12.4. The van der Waals surface area contributed by atoms with Gasteiger partial charge in [-0.1, -0.05) is 0 Å². The number of aryl methyl sites for hydroxylation is 1. The monoisotopic (exact) mass is 298 g/mol. The first-order valence-corrected chi connectivity index (χ1v) is 7.32. The van der Waals surface area contributed by atoms with Crippen LogP contribution in [0.2, 0.25) is 0 Å². The molecule has 1 aromatic heterocycles. The summed E-state index contributed by atoms with van der Waals surface area (Å²) in [6.07, 6.45) is 6.45. The number of amides is 1. The second-order valence-electron chi connectivity index (χ2n) is 5.72. The average Bonchev–Trinajstić information content (AvgIpc) is 3.09. The number of likely N-dealkylation sites (tertiary alicyclic amines) is 1. The van der Waals surface area contributed by atoms with E-state index < -0.39 is 0 Å². The molecule has 2 aliphatic heterocycles. The Morgan fingerprint density at radius 2 is 2.10 bits per heavy atom. The predicted molar refractivity (Wildman–Crippen MR) is 80.3 cm³/mol. The van der Waals surface area contributed by atoms with Gasteiger partial charge in [-0.3, -0.25) is 4.79 Å². The van der Waals surface area contributed by atoms with Crippen molar-refractivity contribution < 1.29 is 9.21 Å². The van der Waals surface area contributed by atoms with Crippen LogP contribution in [0.3, 0.4) is 0 Å². The van der Waals surface area contributed by atoms with Gasteiger partial charge >= 0.3 is 0 Å². The number of halogens is 1. The molecular formula is C15H23ClN2O2. The van der Waals surface area contributed by atoms with Crippen molar-refractivity contribution in [1.29, 1.82) is 0 Å². The molecule has 4 nitrogen and oxygen atoms in total. The molecule has 0 spiro atoms. The van der Waals surface area contributed by atoms with Crippen molar-refractivity contribution in [3.8, 4) is 0 Å². The molecule has 3 heterocycles. The molecule has 1 N–H and O–H groups in total. The van der Waals surface area contributed by atoms with Gasteiger partial charge in [0.05, 0.1) is 11.8 Å². The summed E-state index contributed by atoms with van der Waals surface area (Å²) in [7, 11) is 0. The number of rotatable bonds is 2. The summed E-state index contributed by atoms with van der Waals surface area (Å²) < 4.78 is 5.22. The highest BCUT2D eigenvalue weighted by molar-refractivity contribution is 5.95. The van der Waals surface area contributed by atoms with E-state index in [0.717, 1.165) is 49.7 Å². The van der Waals surface area contributed by atoms with E-state index in [9.17, 15) is 4.79 Å². The molecule has 1 atom stereocenters. The van der Waals surface area contributed by atoms with E-state index >= 15 is 0 Å². The topological polar surface area (TPSA) is 45.5 Å². The van der Waals surface area contributed by atoms with E-state index in [1.54, 1.807) is 12.3 Å². The largest absolute Gasteiger partial charge is 0.469 e. The normalized spacial score (nSPS) is 23.6. The standard InChI is InChI=1S/C15H22N2O2.ClH/c1-11-13(6-10-19-11)15(18)17-8-4-12(5-9-17)14-3-2-7-16-14;/h6,10,12,14,16H,2-5,7-9H2,1H3;1H. The quantitative estimate of drug-likeness (QED) is 0.913. The van der Waals surface area contributed by atoms with Crippen LogP contribution in [-0.2, 0) is 0 Å². The third-order valence-electron chi connectivity index (χ3n) is 4.58. The fraction of sp³-hybridized carbons (Fsp3) is 0.667. The Bertz CT molecular complexity index is 446. The molecule has 0 aliphatic carbocycles. The molecular weight excluding hydrogens is 276 g/mol. The lowest BCUT2D eigenvalue weighted by Gasteiger charge is -2.34. The van der Waals surface area contributed by atoms with Crippen molar-refractivity contribution in [3.05, 3.63) is 23.7 Å². The molecule has 2 fully saturated rings. The van der Waals surface area contributed by atoms with Gasteiger partial charge < -0.3 is 14.6 Å². The second-order valence-corrected chi connectivity index (χ2v) is 5.72. The van der Waals surface area contributed by atoms with Crippen molar-refractivity contribution in [3.63, 3.8) is 0 Å². The number of nitrogens with zero attached hydrogens (tertiary/aromatic N) is 1.